The fourth-order valence-electron chi connectivity index (χ4n) is 5.41. The summed E-state index contributed by atoms with van der Waals surface area (Å²) in [7, 11) is -4.45. The zero-order valence-corrected chi connectivity index (χ0v) is 25.9. The SMILES string of the molecule is C[C@H](NP(=O)(OC[C@H]1O[C@@H](n2ccc(=O)[nH]c2=O)[C@@](O)(C#CCl)[C@@H]1O)Oc1cccc2ccccc12)C(=O)OC1CCCCC1. The number of carbonyl (C=O) groups is 1. The molecule has 2 aliphatic rings. The van der Waals surface area contributed by atoms with Crippen molar-refractivity contribution in [2.75, 3.05) is 6.61 Å². The summed E-state index contributed by atoms with van der Waals surface area (Å²) in [4.78, 5) is 39.1. The predicted octanol–water partition coefficient (Wildman–Crippen LogP) is 2.94. The molecule has 1 saturated heterocycles. The first-order valence-electron chi connectivity index (χ1n) is 14.4. The second-order valence-electron chi connectivity index (χ2n) is 10.9. The Labute approximate surface area is 263 Å². The molecule has 6 atom stereocenters. The number of fused-ring (bicyclic) bond motifs is 1. The minimum Gasteiger partial charge on any atom is -0.461 e. The molecule has 3 aromatic rings. The lowest BCUT2D eigenvalue weighted by molar-refractivity contribution is -0.152. The number of ether oxygens (including phenoxy) is 2. The number of benzene rings is 2. The summed E-state index contributed by atoms with van der Waals surface area (Å²) < 4.78 is 38.2. The smallest absolute Gasteiger partial charge is 0.459 e. The van der Waals surface area contributed by atoms with Crippen molar-refractivity contribution >= 4 is 36.1 Å². The topological polar surface area (TPSA) is 178 Å². The minimum atomic E-state index is -4.45. The van der Waals surface area contributed by atoms with Crippen molar-refractivity contribution in [3.63, 3.8) is 0 Å². The van der Waals surface area contributed by atoms with Crippen LogP contribution in [0.15, 0.2) is 64.3 Å². The zero-order chi connectivity index (χ0) is 32.2. The molecule has 0 bridgehead atoms. The van der Waals surface area contributed by atoms with Gasteiger partial charge in [-0.05, 0) is 61.6 Å². The number of aromatic nitrogens is 2. The standard InChI is InChI=1S/C30H33ClN3O10P/c1-19(27(37)42-21-10-3-2-4-11-21)33-45(40,44-23-13-7-9-20-8-5-6-12-22(20)23)41-18-24-26(36)30(39,15-16-31)28(43-24)34-17-14-25(35)32-29(34)38/h5-9,12-14,17,19,21,24,26,28,36,39H,2-4,10-11,18H2,1H3,(H,33,40)(H,32,35,38)/t19-,24+,26+,28+,30+,45?/m0/s1. The minimum absolute atomic E-state index is 0.187. The maximum absolute atomic E-state index is 14.3. The normalized spacial score (nSPS) is 25.6. The van der Waals surface area contributed by atoms with E-state index in [0.717, 1.165) is 54.3 Å². The average Bonchev–Trinajstić information content (AvgIpc) is 3.26. The Kier molecular flexibility index (Phi) is 10.2. The molecule has 1 aliphatic heterocycles. The third-order valence-electron chi connectivity index (χ3n) is 7.75. The van der Waals surface area contributed by atoms with Gasteiger partial charge >= 0.3 is 19.4 Å². The number of aromatic amines is 1. The van der Waals surface area contributed by atoms with Gasteiger partial charge in [-0.15, -0.1) is 0 Å². The monoisotopic (exact) mass is 661 g/mol. The molecule has 15 heteroatoms. The number of carbonyl (C=O) groups excluding carboxylic acids is 1. The molecule has 5 rings (SSSR count). The lowest BCUT2D eigenvalue weighted by atomic mass is 9.95. The number of rotatable bonds is 10. The van der Waals surface area contributed by atoms with Crippen molar-refractivity contribution in [3.05, 3.63) is 75.6 Å². The van der Waals surface area contributed by atoms with Crippen LogP contribution in [0.3, 0.4) is 0 Å². The van der Waals surface area contributed by atoms with Crippen LogP contribution in [0.5, 0.6) is 5.75 Å². The maximum atomic E-state index is 14.3. The summed E-state index contributed by atoms with van der Waals surface area (Å²) in [6, 6.07) is 12.2. The van der Waals surface area contributed by atoms with Gasteiger partial charge in [0.1, 0.15) is 30.1 Å². The third kappa shape index (κ3) is 7.34. The van der Waals surface area contributed by atoms with Gasteiger partial charge in [0, 0.05) is 23.0 Å². The molecular formula is C30H33ClN3O10P. The van der Waals surface area contributed by atoms with Crippen LogP contribution in [0.2, 0.25) is 0 Å². The highest BCUT2D eigenvalue weighted by Crippen LogP contribution is 2.48. The number of esters is 1. The van der Waals surface area contributed by atoms with Crippen molar-refractivity contribution in [3.8, 4) is 17.0 Å². The van der Waals surface area contributed by atoms with E-state index in [9.17, 15) is 29.2 Å². The van der Waals surface area contributed by atoms with E-state index in [1.54, 1.807) is 24.3 Å². The Morgan fingerprint density at radius 3 is 2.67 bits per heavy atom. The average molecular weight is 662 g/mol. The first kappa shape index (κ1) is 32.9. The van der Waals surface area contributed by atoms with E-state index >= 15 is 0 Å². The molecule has 1 aromatic heterocycles. The number of halogens is 1. The van der Waals surface area contributed by atoms with E-state index in [2.05, 4.69) is 11.0 Å². The fraction of sp³-hybridized carbons (Fsp3) is 0.433. The Bertz CT molecular complexity index is 1760. The van der Waals surface area contributed by atoms with Gasteiger partial charge in [0.15, 0.2) is 6.23 Å². The van der Waals surface area contributed by atoms with E-state index in [-0.39, 0.29) is 11.9 Å². The molecule has 1 saturated carbocycles. The summed E-state index contributed by atoms with van der Waals surface area (Å²) in [6.45, 7) is 0.795. The number of aliphatic hydroxyl groups is 2. The Morgan fingerprint density at radius 1 is 1.20 bits per heavy atom. The number of nitrogens with one attached hydrogen (secondary N) is 2. The van der Waals surface area contributed by atoms with Gasteiger partial charge < -0.3 is 24.2 Å². The molecule has 45 heavy (non-hydrogen) atoms. The first-order chi connectivity index (χ1) is 21.5. The predicted molar refractivity (Wildman–Crippen MR) is 164 cm³/mol. The van der Waals surface area contributed by atoms with Crippen molar-refractivity contribution in [2.24, 2.45) is 0 Å². The molecule has 2 fully saturated rings. The second-order valence-corrected chi connectivity index (χ2v) is 12.8. The molecule has 13 nitrogen and oxygen atoms in total. The third-order valence-corrected chi connectivity index (χ3v) is 9.48. The van der Waals surface area contributed by atoms with Gasteiger partial charge in [0.2, 0.25) is 5.60 Å². The molecule has 240 valence electrons. The van der Waals surface area contributed by atoms with Crippen molar-refractivity contribution < 1.29 is 38.1 Å². The summed E-state index contributed by atoms with van der Waals surface area (Å²) in [5.41, 5.74) is -4.09. The summed E-state index contributed by atoms with van der Waals surface area (Å²) in [5.74, 6) is 1.79. The maximum Gasteiger partial charge on any atom is 0.459 e. The second kappa shape index (κ2) is 13.9. The van der Waals surface area contributed by atoms with Gasteiger partial charge in [-0.25, -0.2) is 9.36 Å². The number of hydrogen-bond acceptors (Lipinski definition) is 10. The van der Waals surface area contributed by atoms with Crippen molar-refractivity contribution in [1.82, 2.24) is 14.6 Å². The molecule has 2 aromatic carbocycles. The van der Waals surface area contributed by atoms with Crippen LogP contribution < -0.4 is 20.9 Å². The highest BCUT2D eigenvalue weighted by molar-refractivity contribution is 7.52. The molecule has 4 N–H and O–H groups in total. The highest BCUT2D eigenvalue weighted by atomic mass is 35.5. The Hall–Kier alpha value is -3.47. The van der Waals surface area contributed by atoms with E-state index in [0.29, 0.717) is 5.39 Å². The fourth-order valence-corrected chi connectivity index (χ4v) is 7.08. The van der Waals surface area contributed by atoms with Gasteiger partial charge in [-0.2, -0.15) is 5.09 Å². The lowest BCUT2D eigenvalue weighted by Crippen LogP contribution is -2.48. The molecular weight excluding hydrogens is 629 g/mol. The highest BCUT2D eigenvalue weighted by Gasteiger charge is 2.56. The van der Waals surface area contributed by atoms with Crippen molar-refractivity contribution in [2.45, 2.75) is 75.2 Å². The summed E-state index contributed by atoms with van der Waals surface area (Å²) in [6.07, 6.45) is 0.329. The van der Waals surface area contributed by atoms with Crippen molar-refractivity contribution in [1.29, 1.82) is 0 Å². The van der Waals surface area contributed by atoms with Gasteiger partial charge in [0.05, 0.1) is 6.61 Å². The van der Waals surface area contributed by atoms with Crippen LogP contribution in [0.4, 0.5) is 0 Å². The molecule has 0 amide bonds. The van der Waals surface area contributed by atoms with E-state index in [1.165, 1.54) is 6.92 Å². The van der Waals surface area contributed by atoms with Crippen LogP contribution in [-0.2, 0) is 23.4 Å². The van der Waals surface area contributed by atoms with Crippen LogP contribution in [-0.4, -0.2) is 62.3 Å². The number of nitrogens with zero attached hydrogens (tertiary/aromatic N) is 1. The van der Waals surface area contributed by atoms with E-state index in [1.807, 2.05) is 28.6 Å². The number of aliphatic hydroxyl groups excluding tert-OH is 1. The molecule has 0 spiro atoms. The zero-order valence-electron chi connectivity index (χ0n) is 24.3. The van der Waals surface area contributed by atoms with Gasteiger partial charge in [-0.1, -0.05) is 42.8 Å². The summed E-state index contributed by atoms with van der Waals surface area (Å²) >= 11 is 5.56. The van der Waals surface area contributed by atoms with Gasteiger partial charge in [-0.3, -0.25) is 23.7 Å². The largest absolute Gasteiger partial charge is 0.461 e. The lowest BCUT2D eigenvalue weighted by Gasteiger charge is -2.27. The quantitative estimate of drug-likeness (QED) is 0.143. The van der Waals surface area contributed by atoms with Crippen LogP contribution >= 0.6 is 19.3 Å². The first-order valence-corrected chi connectivity index (χ1v) is 16.4. The van der Waals surface area contributed by atoms with E-state index < -0.39 is 61.7 Å². The van der Waals surface area contributed by atoms with Gasteiger partial charge in [0.25, 0.3) is 5.56 Å². The molecule has 1 aliphatic carbocycles. The Balaban J connectivity index is 1.40. The van der Waals surface area contributed by atoms with Crippen LogP contribution in [0.1, 0.15) is 45.3 Å². The van der Waals surface area contributed by atoms with Crippen LogP contribution in [0.25, 0.3) is 10.8 Å². The number of hydrogen-bond donors (Lipinski definition) is 4. The summed E-state index contributed by atoms with van der Waals surface area (Å²) in [5, 5.41) is 28.4. The Morgan fingerprint density at radius 2 is 1.93 bits per heavy atom. The molecule has 1 unspecified atom stereocenters. The van der Waals surface area contributed by atoms with E-state index in [4.69, 9.17) is 30.1 Å². The molecule has 0 radical (unpaired) electrons. The number of H-pyrrole nitrogens is 1. The van der Waals surface area contributed by atoms with Crippen LogP contribution in [0, 0.1) is 11.3 Å². The molecule has 2 heterocycles.